The topological polar surface area (TPSA) is 55.1 Å². The molecule has 0 saturated heterocycles. The Balaban J connectivity index is 2.06. The summed E-state index contributed by atoms with van der Waals surface area (Å²) in [7, 11) is 0. The minimum atomic E-state index is -0.190. The quantitative estimate of drug-likeness (QED) is 0.855. The van der Waals surface area contributed by atoms with E-state index >= 15 is 0 Å². The van der Waals surface area contributed by atoms with E-state index in [0.717, 1.165) is 12.8 Å². The first-order chi connectivity index (χ1) is 7.58. The van der Waals surface area contributed by atoms with E-state index in [-0.39, 0.29) is 18.0 Å². The number of amides is 1. The first-order valence-corrected chi connectivity index (χ1v) is 5.84. The number of carbonyl (C=O) groups is 1. The van der Waals surface area contributed by atoms with Crippen LogP contribution in [0.3, 0.4) is 0 Å². The molecule has 0 aromatic heterocycles. The van der Waals surface area contributed by atoms with Crippen molar-refractivity contribution in [2.24, 2.45) is 5.73 Å². The van der Waals surface area contributed by atoms with Gasteiger partial charge in [-0.15, -0.1) is 0 Å². The van der Waals surface area contributed by atoms with Gasteiger partial charge in [-0.1, -0.05) is 29.3 Å². The molecule has 3 nitrogen and oxygen atoms in total. The molecule has 16 heavy (non-hydrogen) atoms. The minimum Gasteiger partial charge on any atom is -0.349 e. The van der Waals surface area contributed by atoms with Gasteiger partial charge >= 0.3 is 0 Å². The SMILES string of the molecule is NC1CC(NC(=O)c2cccc(Cl)c2Cl)C1. The highest BCUT2D eigenvalue weighted by Gasteiger charge is 2.28. The Bertz CT molecular complexity index is 416. The number of carbonyl (C=O) groups excluding carboxylic acids is 1. The number of rotatable bonds is 2. The zero-order chi connectivity index (χ0) is 11.7. The first kappa shape index (κ1) is 11.7. The van der Waals surface area contributed by atoms with Gasteiger partial charge in [-0.25, -0.2) is 0 Å². The van der Waals surface area contributed by atoms with Gasteiger partial charge in [-0.2, -0.15) is 0 Å². The van der Waals surface area contributed by atoms with Crippen molar-refractivity contribution in [2.45, 2.75) is 24.9 Å². The molecular formula is C11H12Cl2N2O. The van der Waals surface area contributed by atoms with E-state index in [1.54, 1.807) is 18.2 Å². The van der Waals surface area contributed by atoms with Crippen molar-refractivity contribution in [1.82, 2.24) is 5.32 Å². The van der Waals surface area contributed by atoms with E-state index in [1.807, 2.05) is 0 Å². The Morgan fingerprint density at radius 3 is 2.69 bits per heavy atom. The van der Waals surface area contributed by atoms with Crippen LogP contribution in [-0.2, 0) is 0 Å². The van der Waals surface area contributed by atoms with Gasteiger partial charge < -0.3 is 11.1 Å². The van der Waals surface area contributed by atoms with Gasteiger partial charge in [0, 0.05) is 12.1 Å². The second kappa shape index (κ2) is 4.62. The van der Waals surface area contributed by atoms with E-state index in [9.17, 15) is 4.79 Å². The molecule has 1 amide bonds. The van der Waals surface area contributed by atoms with Crippen molar-refractivity contribution in [3.63, 3.8) is 0 Å². The van der Waals surface area contributed by atoms with Crippen molar-refractivity contribution in [3.8, 4) is 0 Å². The standard InChI is InChI=1S/C11H12Cl2N2O/c12-9-3-1-2-8(10(9)13)11(16)15-7-4-6(14)5-7/h1-3,6-7H,4-5,14H2,(H,15,16). The van der Waals surface area contributed by atoms with Crippen LogP contribution >= 0.6 is 23.2 Å². The summed E-state index contributed by atoms with van der Waals surface area (Å²) in [5.74, 6) is -0.190. The van der Waals surface area contributed by atoms with Crippen LogP contribution in [-0.4, -0.2) is 18.0 Å². The second-order valence-corrected chi connectivity index (χ2v) is 4.79. The Morgan fingerprint density at radius 2 is 2.06 bits per heavy atom. The maximum Gasteiger partial charge on any atom is 0.253 e. The van der Waals surface area contributed by atoms with Gasteiger partial charge in [0.15, 0.2) is 0 Å². The zero-order valence-electron chi connectivity index (χ0n) is 8.54. The van der Waals surface area contributed by atoms with Crippen molar-refractivity contribution in [2.75, 3.05) is 0 Å². The Labute approximate surface area is 104 Å². The molecule has 1 aromatic carbocycles. The maximum absolute atomic E-state index is 11.8. The van der Waals surface area contributed by atoms with Crippen LogP contribution in [0.4, 0.5) is 0 Å². The summed E-state index contributed by atoms with van der Waals surface area (Å²) in [6, 6.07) is 5.38. The Morgan fingerprint density at radius 1 is 1.38 bits per heavy atom. The van der Waals surface area contributed by atoms with Crippen LogP contribution in [0, 0.1) is 0 Å². The summed E-state index contributed by atoms with van der Waals surface area (Å²) >= 11 is 11.8. The molecule has 0 heterocycles. The van der Waals surface area contributed by atoms with Crippen molar-refractivity contribution in [3.05, 3.63) is 33.8 Å². The third kappa shape index (κ3) is 2.32. The first-order valence-electron chi connectivity index (χ1n) is 5.08. The Hall–Kier alpha value is -0.770. The molecule has 0 unspecified atom stereocenters. The van der Waals surface area contributed by atoms with E-state index in [4.69, 9.17) is 28.9 Å². The predicted octanol–water partition coefficient (Wildman–Crippen LogP) is 2.21. The third-order valence-corrected chi connectivity index (χ3v) is 3.52. The zero-order valence-corrected chi connectivity index (χ0v) is 10.1. The summed E-state index contributed by atoms with van der Waals surface area (Å²) in [6.07, 6.45) is 1.65. The van der Waals surface area contributed by atoms with Gasteiger partial charge in [0.2, 0.25) is 0 Å². The van der Waals surface area contributed by atoms with E-state index in [0.29, 0.717) is 15.6 Å². The average molecular weight is 259 g/mol. The summed E-state index contributed by atoms with van der Waals surface area (Å²) in [6.45, 7) is 0. The average Bonchev–Trinajstić information content (AvgIpc) is 2.19. The molecule has 0 bridgehead atoms. The van der Waals surface area contributed by atoms with Gasteiger partial charge in [0.25, 0.3) is 5.91 Å². The smallest absolute Gasteiger partial charge is 0.253 e. The normalized spacial score (nSPS) is 23.7. The summed E-state index contributed by atoms with van der Waals surface area (Å²) in [4.78, 5) is 11.8. The molecule has 86 valence electrons. The number of halogens is 2. The molecule has 1 saturated carbocycles. The van der Waals surface area contributed by atoms with Gasteiger partial charge in [0.1, 0.15) is 0 Å². The maximum atomic E-state index is 11.8. The number of nitrogens with two attached hydrogens (primary N) is 1. The highest BCUT2D eigenvalue weighted by molar-refractivity contribution is 6.43. The summed E-state index contributed by atoms with van der Waals surface area (Å²) in [5.41, 5.74) is 6.05. The molecule has 1 aromatic rings. The van der Waals surface area contributed by atoms with Crippen LogP contribution in [0.15, 0.2) is 18.2 Å². The van der Waals surface area contributed by atoms with Gasteiger partial charge in [-0.3, -0.25) is 4.79 Å². The number of hydrogen-bond donors (Lipinski definition) is 2. The van der Waals surface area contributed by atoms with Crippen molar-refractivity contribution < 1.29 is 4.79 Å². The predicted molar refractivity (Wildman–Crippen MR) is 64.9 cm³/mol. The van der Waals surface area contributed by atoms with Crippen molar-refractivity contribution in [1.29, 1.82) is 0 Å². The largest absolute Gasteiger partial charge is 0.349 e. The van der Waals surface area contributed by atoms with Crippen LogP contribution in [0.25, 0.3) is 0 Å². The second-order valence-electron chi connectivity index (χ2n) is 4.00. The molecule has 0 spiro atoms. The number of nitrogens with one attached hydrogen (secondary N) is 1. The lowest BCUT2D eigenvalue weighted by Gasteiger charge is -2.33. The number of hydrogen-bond acceptors (Lipinski definition) is 2. The molecule has 5 heteroatoms. The third-order valence-electron chi connectivity index (χ3n) is 2.71. The highest BCUT2D eigenvalue weighted by atomic mass is 35.5. The molecule has 2 rings (SSSR count). The van der Waals surface area contributed by atoms with E-state index < -0.39 is 0 Å². The lowest BCUT2D eigenvalue weighted by Crippen LogP contribution is -2.50. The summed E-state index contributed by atoms with van der Waals surface area (Å²) in [5, 5.41) is 3.55. The molecular weight excluding hydrogens is 247 g/mol. The lowest BCUT2D eigenvalue weighted by molar-refractivity contribution is 0.0910. The van der Waals surface area contributed by atoms with Gasteiger partial charge in [0.05, 0.1) is 15.6 Å². The van der Waals surface area contributed by atoms with Crippen LogP contribution in [0.2, 0.25) is 10.0 Å². The Kier molecular flexibility index (Phi) is 3.38. The molecule has 1 fully saturated rings. The lowest BCUT2D eigenvalue weighted by atomic mass is 9.87. The minimum absolute atomic E-state index is 0.164. The van der Waals surface area contributed by atoms with Crippen molar-refractivity contribution >= 4 is 29.1 Å². The molecule has 0 atom stereocenters. The van der Waals surface area contributed by atoms with E-state index in [2.05, 4.69) is 5.32 Å². The molecule has 0 aliphatic heterocycles. The fourth-order valence-corrected chi connectivity index (χ4v) is 2.11. The van der Waals surface area contributed by atoms with Crippen LogP contribution in [0.1, 0.15) is 23.2 Å². The van der Waals surface area contributed by atoms with Crippen LogP contribution < -0.4 is 11.1 Å². The molecule has 1 aliphatic carbocycles. The number of benzene rings is 1. The molecule has 3 N–H and O–H groups in total. The molecule has 0 radical (unpaired) electrons. The highest BCUT2D eigenvalue weighted by Crippen LogP contribution is 2.26. The fourth-order valence-electron chi connectivity index (χ4n) is 1.72. The monoisotopic (exact) mass is 258 g/mol. The van der Waals surface area contributed by atoms with Crippen LogP contribution in [0.5, 0.6) is 0 Å². The fraction of sp³-hybridized carbons (Fsp3) is 0.364. The molecule has 1 aliphatic rings. The van der Waals surface area contributed by atoms with E-state index in [1.165, 1.54) is 0 Å². The summed E-state index contributed by atoms with van der Waals surface area (Å²) < 4.78 is 0. The van der Waals surface area contributed by atoms with Gasteiger partial charge in [-0.05, 0) is 25.0 Å².